The molecule has 0 atom stereocenters. The van der Waals surface area contributed by atoms with Crippen LogP contribution in [0.3, 0.4) is 0 Å². The maximum Gasteiger partial charge on any atom is 0.317 e. The molecule has 11 nitrogen and oxygen atoms in total. The van der Waals surface area contributed by atoms with E-state index in [4.69, 9.17) is 20.3 Å². The van der Waals surface area contributed by atoms with Crippen molar-refractivity contribution in [1.29, 1.82) is 0 Å². The lowest BCUT2D eigenvalue weighted by Gasteiger charge is -2.11. The zero-order chi connectivity index (χ0) is 31.1. The largest absolute Gasteiger partial charge is 0.486 e. The van der Waals surface area contributed by atoms with Crippen LogP contribution in [-0.4, -0.2) is 61.1 Å². The van der Waals surface area contributed by atoms with Gasteiger partial charge in [0.1, 0.15) is 41.7 Å². The minimum atomic E-state index is -0.787. The molecule has 2 aromatic carbocycles. The molecule has 43 heavy (non-hydrogen) atoms. The Hall–Kier alpha value is -5.10. The summed E-state index contributed by atoms with van der Waals surface area (Å²) in [6.45, 7) is 6.24. The lowest BCUT2D eigenvalue weighted by molar-refractivity contribution is -0.137. The highest BCUT2D eigenvalue weighted by Gasteiger charge is 2.16. The first-order valence-corrected chi connectivity index (χ1v) is 13.5. The van der Waals surface area contributed by atoms with Gasteiger partial charge in [-0.2, -0.15) is 0 Å². The number of anilines is 1. The van der Waals surface area contributed by atoms with E-state index in [2.05, 4.69) is 38.4 Å². The van der Waals surface area contributed by atoms with Crippen molar-refractivity contribution in [3.8, 4) is 28.4 Å². The molecule has 0 saturated carbocycles. The average Bonchev–Trinajstić information content (AvgIpc) is 3.36. The molecule has 0 spiro atoms. The van der Waals surface area contributed by atoms with Crippen LogP contribution in [0, 0.1) is 12.7 Å². The van der Waals surface area contributed by atoms with Crippen molar-refractivity contribution in [1.82, 2.24) is 29.4 Å². The second-order valence-electron chi connectivity index (χ2n) is 10.3. The third-order valence-corrected chi connectivity index (χ3v) is 6.18. The number of carboxylic acid groups (broad SMARTS) is 1. The number of rotatable bonds is 9. The number of likely N-dealkylation sites (N-methyl/N-ethyl adjacent to an activating group) is 1. The summed E-state index contributed by atoms with van der Waals surface area (Å²) >= 11 is 0. The number of ether oxygens (including phenoxy) is 2. The van der Waals surface area contributed by atoms with E-state index in [0.717, 1.165) is 27.7 Å². The average molecular weight is 588 g/mol. The van der Waals surface area contributed by atoms with Crippen molar-refractivity contribution in [2.24, 2.45) is 0 Å². The van der Waals surface area contributed by atoms with E-state index in [0.29, 0.717) is 23.1 Å². The molecule has 3 aromatic heterocycles. The number of benzene rings is 2. The monoisotopic (exact) mass is 587 g/mol. The van der Waals surface area contributed by atoms with E-state index in [9.17, 15) is 9.18 Å². The molecular weight excluding hydrogens is 553 g/mol. The summed E-state index contributed by atoms with van der Waals surface area (Å²) in [4.78, 5) is 28.2. The van der Waals surface area contributed by atoms with E-state index in [1.165, 1.54) is 18.5 Å². The lowest BCUT2D eigenvalue weighted by atomic mass is 10.1. The summed E-state index contributed by atoms with van der Waals surface area (Å²) in [6.07, 6.45) is 6.83. The molecule has 0 unspecified atom stereocenters. The summed E-state index contributed by atoms with van der Waals surface area (Å²) in [7, 11) is 3.43. The fraction of sp³-hybridized carbons (Fsp3) is 0.258. The number of hydrogen-bond acceptors (Lipinski definition) is 9. The van der Waals surface area contributed by atoms with Gasteiger partial charge in [0.25, 0.3) is 0 Å². The summed E-state index contributed by atoms with van der Waals surface area (Å²) in [5, 5.41) is 8.86. The van der Waals surface area contributed by atoms with Gasteiger partial charge in [-0.3, -0.25) is 9.69 Å². The van der Waals surface area contributed by atoms with Gasteiger partial charge in [0.2, 0.25) is 0 Å². The fourth-order valence-corrected chi connectivity index (χ4v) is 4.14. The highest BCUT2D eigenvalue weighted by atomic mass is 19.1. The van der Waals surface area contributed by atoms with Gasteiger partial charge in [0, 0.05) is 41.8 Å². The number of carboxylic acids is 1. The molecule has 3 N–H and O–H groups in total. The number of aromatic nitrogens is 5. The van der Waals surface area contributed by atoms with E-state index < -0.39 is 11.8 Å². The lowest BCUT2D eigenvalue weighted by Crippen LogP contribution is -2.20. The smallest absolute Gasteiger partial charge is 0.317 e. The van der Waals surface area contributed by atoms with Gasteiger partial charge in [0.15, 0.2) is 11.6 Å². The Morgan fingerprint density at radius 1 is 1.05 bits per heavy atom. The quantitative estimate of drug-likeness (QED) is 0.227. The Kier molecular flexibility index (Phi) is 9.83. The Balaban J connectivity index is 0.000000541. The predicted molar refractivity (Wildman–Crippen MR) is 162 cm³/mol. The van der Waals surface area contributed by atoms with Crippen LogP contribution in [-0.2, 0) is 11.4 Å². The molecule has 0 aliphatic carbocycles. The molecule has 12 heteroatoms. The highest BCUT2D eigenvalue weighted by Crippen LogP contribution is 2.35. The number of aliphatic carboxylic acids is 1. The zero-order valence-electron chi connectivity index (χ0n) is 24.7. The van der Waals surface area contributed by atoms with Crippen LogP contribution in [0.25, 0.3) is 22.2 Å². The minimum Gasteiger partial charge on any atom is -0.486 e. The number of aryl methyl sites for hydroxylation is 1. The maximum atomic E-state index is 14.3. The number of carbonyl (C=O) groups is 1. The molecule has 0 fully saturated rings. The van der Waals surface area contributed by atoms with Gasteiger partial charge in [0.05, 0.1) is 11.9 Å². The zero-order valence-corrected chi connectivity index (χ0v) is 24.7. The van der Waals surface area contributed by atoms with E-state index in [-0.39, 0.29) is 24.9 Å². The van der Waals surface area contributed by atoms with Gasteiger partial charge in [-0.1, -0.05) is 12.1 Å². The molecule has 0 bridgehead atoms. The third-order valence-electron chi connectivity index (χ3n) is 6.18. The van der Waals surface area contributed by atoms with Crippen molar-refractivity contribution in [2.75, 3.05) is 26.4 Å². The van der Waals surface area contributed by atoms with Gasteiger partial charge in [-0.05, 0) is 64.7 Å². The molecule has 0 aliphatic heterocycles. The van der Waals surface area contributed by atoms with Crippen molar-refractivity contribution in [2.45, 2.75) is 33.4 Å². The second-order valence-corrected chi connectivity index (χ2v) is 10.3. The number of hydrogen-bond donors (Lipinski definition) is 2. The molecular formula is C31H34FN7O4. The van der Waals surface area contributed by atoms with Crippen LogP contribution in [0.15, 0.2) is 67.4 Å². The Bertz CT molecular complexity index is 1690. The molecule has 5 rings (SSSR count). The third kappa shape index (κ3) is 8.01. The molecule has 3 heterocycles. The van der Waals surface area contributed by atoms with Crippen LogP contribution in [0.2, 0.25) is 0 Å². The number of fused-ring (bicyclic) bond motifs is 1. The number of halogens is 1. The van der Waals surface area contributed by atoms with Crippen LogP contribution in [0.4, 0.5) is 10.2 Å². The molecule has 0 radical (unpaired) electrons. The van der Waals surface area contributed by atoms with Crippen molar-refractivity contribution < 1.29 is 23.8 Å². The Labute approximate surface area is 248 Å². The molecule has 0 aliphatic rings. The summed E-state index contributed by atoms with van der Waals surface area (Å²) in [5.74, 6) is 0.965. The van der Waals surface area contributed by atoms with Gasteiger partial charge in [-0.25, -0.2) is 24.3 Å². The first kappa shape index (κ1) is 30.8. The first-order valence-electron chi connectivity index (χ1n) is 13.5. The van der Waals surface area contributed by atoms with E-state index in [1.54, 1.807) is 44.4 Å². The van der Waals surface area contributed by atoms with Crippen LogP contribution < -0.4 is 15.2 Å². The standard InChI is InChI=1S/C27H25FN6O2.C4H9NO2/c1-16(2)34-13-22(25-26(29)32-15-33-27(25)34)19-4-6-20(7-5-19)36-21-8-9-23(28)24(10-21)35-14-18-11-30-17(3)31-12-18;1-5(2)3-4(6)7/h4-13,15-16H,14H2,1-3H3,(H2,29,32,33);3H2,1-2H3,(H,6,7). The van der Waals surface area contributed by atoms with E-state index >= 15 is 0 Å². The Morgan fingerprint density at radius 3 is 2.33 bits per heavy atom. The van der Waals surface area contributed by atoms with Crippen molar-refractivity contribution in [3.05, 3.63) is 84.6 Å². The molecule has 224 valence electrons. The topological polar surface area (TPSA) is 142 Å². The Morgan fingerprint density at radius 2 is 1.72 bits per heavy atom. The molecule has 0 amide bonds. The summed E-state index contributed by atoms with van der Waals surface area (Å²) in [6, 6.07) is 12.2. The van der Waals surface area contributed by atoms with Crippen molar-refractivity contribution >= 4 is 22.8 Å². The van der Waals surface area contributed by atoms with Crippen LogP contribution >= 0.6 is 0 Å². The normalized spacial score (nSPS) is 11.0. The van der Waals surface area contributed by atoms with E-state index in [1.807, 2.05) is 30.5 Å². The first-order chi connectivity index (χ1) is 20.5. The number of nitrogen functional groups attached to an aromatic ring is 1. The number of nitrogens with zero attached hydrogens (tertiary/aromatic N) is 6. The minimum absolute atomic E-state index is 0.0849. The summed E-state index contributed by atoms with van der Waals surface area (Å²) in [5.41, 5.74) is 9.63. The highest BCUT2D eigenvalue weighted by molar-refractivity contribution is 6.00. The SMILES string of the molecule is CN(C)CC(=O)O.Cc1ncc(COc2cc(Oc3ccc(-c4cn(C(C)C)c5ncnc(N)c45)cc3)ccc2F)cn1. The van der Waals surface area contributed by atoms with Crippen molar-refractivity contribution in [3.63, 3.8) is 0 Å². The molecule has 0 saturated heterocycles. The second kappa shape index (κ2) is 13.7. The van der Waals surface area contributed by atoms with Crippen LogP contribution in [0.1, 0.15) is 31.3 Å². The fourth-order valence-electron chi connectivity index (χ4n) is 4.14. The van der Waals surface area contributed by atoms with Gasteiger partial charge < -0.3 is 24.9 Å². The van der Waals surface area contributed by atoms with Crippen LogP contribution in [0.5, 0.6) is 17.2 Å². The van der Waals surface area contributed by atoms with Gasteiger partial charge >= 0.3 is 5.97 Å². The van der Waals surface area contributed by atoms with Gasteiger partial charge in [-0.15, -0.1) is 0 Å². The maximum absolute atomic E-state index is 14.3. The summed E-state index contributed by atoms with van der Waals surface area (Å²) < 4.78 is 28.0. The predicted octanol–water partition coefficient (Wildman–Crippen LogP) is 5.50. The molecule has 5 aromatic rings. The number of nitrogens with two attached hydrogens (primary N) is 1.